The van der Waals surface area contributed by atoms with Crippen LogP contribution in [0.3, 0.4) is 0 Å². The third-order valence-electron chi connectivity index (χ3n) is 4.27. The molecule has 0 radical (unpaired) electrons. The molecule has 1 unspecified atom stereocenters. The van der Waals surface area contributed by atoms with Gasteiger partial charge in [-0.25, -0.2) is 0 Å². The molecule has 0 aliphatic carbocycles. The number of aromatic nitrogens is 2. The quantitative estimate of drug-likeness (QED) is 0.415. The Morgan fingerprint density at radius 1 is 1.11 bits per heavy atom. The van der Waals surface area contributed by atoms with E-state index in [1.165, 1.54) is 12.7 Å². The monoisotopic (exact) mass is 428 g/mol. The zero-order chi connectivity index (χ0) is 19.2. The molecule has 0 aliphatic rings. The van der Waals surface area contributed by atoms with Crippen LogP contribution >= 0.6 is 15.9 Å². The van der Waals surface area contributed by atoms with Crippen molar-refractivity contribution in [2.24, 2.45) is 0 Å². The molecule has 0 bridgehead atoms. The fourth-order valence-corrected chi connectivity index (χ4v) is 3.23. The number of hydrogen-bond acceptors (Lipinski definition) is 5. The number of alkyl halides is 1. The van der Waals surface area contributed by atoms with E-state index in [0.717, 1.165) is 34.3 Å². The van der Waals surface area contributed by atoms with Crippen LogP contribution in [0.15, 0.2) is 48.8 Å². The number of carbonyl (C=O) groups excluding carboxylic acids is 1. The summed E-state index contributed by atoms with van der Waals surface area (Å²) in [5.74, 6) is 0.455. The van der Waals surface area contributed by atoms with Crippen LogP contribution in [0.5, 0.6) is 5.75 Å². The van der Waals surface area contributed by atoms with Crippen molar-refractivity contribution in [1.82, 2.24) is 9.97 Å². The number of aryl methyl sites for hydroxylation is 1. The number of nitrogens with zero attached hydrogens (tertiary/aromatic N) is 2. The molecule has 140 valence electrons. The van der Waals surface area contributed by atoms with Crippen LogP contribution in [0, 0.1) is 0 Å². The molecule has 0 saturated heterocycles. The third-order valence-corrected chi connectivity index (χ3v) is 4.96. The zero-order valence-corrected chi connectivity index (χ0v) is 16.9. The highest BCUT2D eigenvalue weighted by Crippen LogP contribution is 2.22. The maximum Gasteiger partial charge on any atom is 0.319 e. The fraction of sp³-hybridized carbons (Fsp3) is 0.286. The van der Waals surface area contributed by atoms with Gasteiger partial charge in [-0.15, -0.1) is 0 Å². The van der Waals surface area contributed by atoms with Gasteiger partial charge in [0.25, 0.3) is 0 Å². The highest BCUT2D eigenvalue weighted by Gasteiger charge is 2.16. The number of ether oxygens (including phenoxy) is 2. The van der Waals surface area contributed by atoms with E-state index in [4.69, 9.17) is 9.47 Å². The second-order valence-corrected chi connectivity index (χ2v) is 7.30. The zero-order valence-electron chi connectivity index (χ0n) is 15.3. The van der Waals surface area contributed by atoms with Crippen LogP contribution in [0.2, 0.25) is 0 Å². The molecule has 5 nitrogen and oxygen atoms in total. The Labute approximate surface area is 166 Å². The van der Waals surface area contributed by atoms with E-state index in [0.29, 0.717) is 13.0 Å². The van der Waals surface area contributed by atoms with E-state index < -0.39 is 0 Å². The number of benzene rings is 1. The van der Waals surface area contributed by atoms with E-state index in [-0.39, 0.29) is 10.8 Å². The molecule has 1 aromatic carbocycles. The van der Waals surface area contributed by atoms with Crippen LogP contribution in [0.4, 0.5) is 0 Å². The normalized spacial score (nSPS) is 12.0. The molecular weight excluding hydrogens is 408 g/mol. The van der Waals surface area contributed by atoms with E-state index in [2.05, 4.69) is 38.9 Å². The highest BCUT2D eigenvalue weighted by atomic mass is 79.9. The molecule has 0 saturated carbocycles. The fourth-order valence-electron chi connectivity index (χ4n) is 2.67. The lowest BCUT2D eigenvalue weighted by Gasteiger charge is -2.09. The van der Waals surface area contributed by atoms with Crippen molar-refractivity contribution in [3.63, 3.8) is 0 Å². The van der Waals surface area contributed by atoms with E-state index in [9.17, 15) is 4.79 Å². The number of esters is 1. The third kappa shape index (κ3) is 5.04. The molecule has 27 heavy (non-hydrogen) atoms. The van der Waals surface area contributed by atoms with Crippen molar-refractivity contribution in [1.29, 1.82) is 0 Å². The van der Waals surface area contributed by atoms with Crippen molar-refractivity contribution in [2.75, 3.05) is 7.11 Å². The SMILES string of the molecule is CCc1ccc(COc2ccc3cc(CC(Br)C(=O)OC)cnc3c2)nc1. The van der Waals surface area contributed by atoms with E-state index in [1.807, 2.05) is 36.5 Å². The largest absolute Gasteiger partial charge is 0.487 e. The van der Waals surface area contributed by atoms with Crippen molar-refractivity contribution in [3.8, 4) is 5.75 Å². The molecule has 3 aromatic rings. The van der Waals surface area contributed by atoms with Crippen LogP contribution in [-0.4, -0.2) is 27.9 Å². The van der Waals surface area contributed by atoms with Gasteiger partial charge in [0.15, 0.2) is 0 Å². The van der Waals surface area contributed by atoms with Crippen LogP contribution < -0.4 is 4.74 Å². The van der Waals surface area contributed by atoms with Crippen molar-refractivity contribution in [2.45, 2.75) is 31.2 Å². The first-order valence-corrected chi connectivity index (χ1v) is 9.67. The van der Waals surface area contributed by atoms with Crippen molar-refractivity contribution < 1.29 is 14.3 Å². The topological polar surface area (TPSA) is 61.3 Å². The Balaban J connectivity index is 1.68. The number of pyridine rings is 2. The van der Waals surface area contributed by atoms with Crippen LogP contribution in [0.1, 0.15) is 23.7 Å². The van der Waals surface area contributed by atoms with Crippen LogP contribution in [-0.2, 0) is 29.0 Å². The minimum absolute atomic E-state index is 0.292. The molecule has 2 heterocycles. The van der Waals surface area contributed by atoms with Gasteiger partial charge >= 0.3 is 5.97 Å². The lowest BCUT2D eigenvalue weighted by molar-refractivity contribution is -0.139. The molecule has 0 amide bonds. The van der Waals surface area contributed by atoms with Crippen molar-refractivity contribution >= 4 is 32.8 Å². The average Bonchev–Trinajstić information content (AvgIpc) is 2.71. The summed E-state index contributed by atoms with van der Waals surface area (Å²) in [6.45, 7) is 2.52. The van der Waals surface area contributed by atoms with Gasteiger partial charge in [0.05, 0.1) is 18.3 Å². The summed E-state index contributed by atoms with van der Waals surface area (Å²) >= 11 is 3.34. The van der Waals surface area contributed by atoms with Gasteiger partial charge in [-0.05, 0) is 48.2 Å². The van der Waals surface area contributed by atoms with Gasteiger partial charge in [0.2, 0.25) is 0 Å². The standard InChI is InChI=1S/C21H21BrN2O3/c1-3-14-4-6-17(23-11-14)13-27-18-7-5-16-8-15(12-24-20(16)10-18)9-19(22)21(25)26-2/h4-8,10-12,19H,3,9,13H2,1-2H3. The Morgan fingerprint density at radius 3 is 2.63 bits per heavy atom. The predicted molar refractivity (Wildman–Crippen MR) is 108 cm³/mol. The maximum atomic E-state index is 11.5. The Bertz CT molecular complexity index is 928. The molecule has 0 N–H and O–H groups in total. The summed E-state index contributed by atoms with van der Waals surface area (Å²) in [6.07, 6.45) is 5.15. The summed E-state index contributed by atoms with van der Waals surface area (Å²) < 4.78 is 10.6. The predicted octanol–water partition coefficient (Wildman–Crippen LogP) is 4.25. The highest BCUT2D eigenvalue weighted by molar-refractivity contribution is 9.10. The number of hydrogen-bond donors (Lipinski definition) is 0. The summed E-state index contributed by atoms with van der Waals surface area (Å²) in [7, 11) is 1.38. The molecule has 3 rings (SSSR count). The Morgan fingerprint density at radius 2 is 1.93 bits per heavy atom. The molecule has 0 spiro atoms. The minimum atomic E-state index is -0.379. The smallest absolute Gasteiger partial charge is 0.319 e. The van der Waals surface area contributed by atoms with Crippen LogP contribution in [0.25, 0.3) is 10.9 Å². The number of fused-ring (bicyclic) bond motifs is 1. The van der Waals surface area contributed by atoms with Crippen molar-refractivity contribution in [3.05, 3.63) is 65.6 Å². The first kappa shape index (κ1) is 19.3. The number of methoxy groups -OCH3 is 1. The molecule has 0 aliphatic heterocycles. The summed E-state index contributed by atoms with van der Waals surface area (Å²) in [6, 6.07) is 11.9. The van der Waals surface area contributed by atoms with Gasteiger partial charge in [0.1, 0.15) is 17.2 Å². The molecule has 1 atom stereocenters. The number of rotatable bonds is 7. The first-order chi connectivity index (χ1) is 13.1. The number of halogens is 1. The van der Waals surface area contributed by atoms with Gasteiger partial charge in [-0.2, -0.15) is 0 Å². The second kappa shape index (κ2) is 8.95. The van der Waals surface area contributed by atoms with E-state index in [1.54, 1.807) is 6.20 Å². The lowest BCUT2D eigenvalue weighted by atomic mass is 10.1. The lowest BCUT2D eigenvalue weighted by Crippen LogP contribution is -2.18. The van der Waals surface area contributed by atoms with Gasteiger partial charge in [0, 0.05) is 23.8 Å². The first-order valence-electron chi connectivity index (χ1n) is 8.76. The van der Waals surface area contributed by atoms with E-state index >= 15 is 0 Å². The molecular formula is C21H21BrN2O3. The van der Waals surface area contributed by atoms with Gasteiger partial charge in [-0.1, -0.05) is 28.9 Å². The van der Waals surface area contributed by atoms with Gasteiger partial charge < -0.3 is 9.47 Å². The summed E-state index contributed by atoms with van der Waals surface area (Å²) in [4.78, 5) is 20.1. The molecule has 2 aromatic heterocycles. The average molecular weight is 429 g/mol. The molecule has 6 heteroatoms. The Kier molecular flexibility index (Phi) is 6.40. The number of carbonyl (C=O) groups is 1. The summed E-state index contributed by atoms with van der Waals surface area (Å²) in [5.41, 5.74) is 3.91. The summed E-state index contributed by atoms with van der Waals surface area (Å²) in [5, 5.41) is 0.995. The van der Waals surface area contributed by atoms with Gasteiger partial charge in [-0.3, -0.25) is 14.8 Å². The second-order valence-electron chi connectivity index (χ2n) is 6.19. The maximum absolute atomic E-state index is 11.5. The minimum Gasteiger partial charge on any atom is -0.487 e. The Hall–Kier alpha value is -2.47. The molecule has 0 fully saturated rings.